The summed E-state index contributed by atoms with van der Waals surface area (Å²) in [7, 11) is 1.84. The fraction of sp³-hybridized carbons (Fsp3) is 0.346. The quantitative estimate of drug-likeness (QED) is 0.419. The number of carboxylic acid groups (broad SMARTS) is 1. The van der Waals surface area contributed by atoms with Gasteiger partial charge in [0, 0.05) is 69.8 Å². The summed E-state index contributed by atoms with van der Waals surface area (Å²) in [6.07, 6.45) is 8.25. The molecule has 4 aromatic heterocycles. The van der Waals surface area contributed by atoms with Crippen LogP contribution in [0, 0.1) is 17.2 Å². The van der Waals surface area contributed by atoms with E-state index in [9.17, 15) is 20.0 Å². The van der Waals surface area contributed by atoms with Gasteiger partial charge in [0.2, 0.25) is 5.91 Å². The smallest absolute Gasteiger partial charge is 0.407 e. The van der Waals surface area contributed by atoms with E-state index >= 15 is 0 Å². The minimum absolute atomic E-state index is 0.0272. The van der Waals surface area contributed by atoms with E-state index < -0.39 is 6.09 Å². The van der Waals surface area contributed by atoms with Gasteiger partial charge in [-0.05, 0) is 18.6 Å². The predicted molar refractivity (Wildman–Crippen MR) is 140 cm³/mol. The maximum Gasteiger partial charge on any atom is 0.407 e. The summed E-state index contributed by atoms with van der Waals surface area (Å²) in [6.45, 7) is 3.06. The van der Waals surface area contributed by atoms with E-state index in [2.05, 4.69) is 21.2 Å². The van der Waals surface area contributed by atoms with Gasteiger partial charge in [-0.3, -0.25) is 9.48 Å². The Hall–Kier alpha value is -4.99. The number of carbonyl (C=O) groups is 2. The number of fused-ring (bicyclic) bond motifs is 1. The molecule has 6 rings (SSSR count). The summed E-state index contributed by atoms with van der Waals surface area (Å²) in [4.78, 5) is 38.9. The number of rotatable bonds is 4. The van der Waals surface area contributed by atoms with Crippen molar-refractivity contribution in [1.29, 1.82) is 5.26 Å². The Labute approximate surface area is 223 Å². The summed E-state index contributed by atoms with van der Waals surface area (Å²) >= 11 is 0. The molecule has 1 atom stereocenters. The minimum Gasteiger partial charge on any atom is -0.465 e. The SMILES string of the molecule is Cn1cc(-c2cn3ncc(C#N)c3c(-c3ccc(N4CCN(C(=O)[C@@H]5CCN(C(=O)O)C5)CC4)nc3)n2)cn1. The van der Waals surface area contributed by atoms with Crippen molar-refractivity contribution < 1.29 is 14.7 Å². The summed E-state index contributed by atoms with van der Waals surface area (Å²) in [5.41, 5.74) is 3.90. The molecule has 4 aromatic rings. The molecule has 0 saturated carbocycles. The van der Waals surface area contributed by atoms with Crippen molar-refractivity contribution in [1.82, 2.24) is 39.2 Å². The Balaban J connectivity index is 1.20. The maximum absolute atomic E-state index is 12.9. The Morgan fingerprint density at radius 3 is 2.46 bits per heavy atom. The number of pyridine rings is 1. The van der Waals surface area contributed by atoms with Crippen molar-refractivity contribution in [2.75, 3.05) is 44.2 Å². The van der Waals surface area contributed by atoms with Gasteiger partial charge in [0.1, 0.15) is 23.0 Å². The molecule has 6 heterocycles. The molecular weight excluding hydrogens is 500 g/mol. The molecule has 0 aliphatic carbocycles. The summed E-state index contributed by atoms with van der Waals surface area (Å²) in [6, 6.07) is 6.05. The zero-order valence-corrected chi connectivity index (χ0v) is 21.3. The number of aryl methyl sites for hydroxylation is 1. The van der Waals surface area contributed by atoms with Crippen LogP contribution in [-0.2, 0) is 11.8 Å². The third-order valence-corrected chi connectivity index (χ3v) is 7.36. The lowest BCUT2D eigenvalue weighted by atomic mass is 10.1. The number of hydrogen-bond donors (Lipinski definition) is 1. The van der Waals surface area contributed by atoms with Crippen LogP contribution in [0.5, 0.6) is 0 Å². The molecule has 2 aliphatic heterocycles. The van der Waals surface area contributed by atoms with Crippen LogP contribution < -0.4 is 4.90 Å². The van der Waals surface area contributed by atoms with E-state index in [1.54, 1.807) is 27.8 Å². The average Bonchev–Trinajstić information content (AvgIpc) is 3.72. The van der Waals surface area contributed by atoms with Gasteiger partial charge in [0.25, 0.3) is 0 Å². The second-order valence-corrected chi connectivity index (χ2v) is 9.77. The summed E-state index contributed by atoms with van der Waals surface area (Å²) in [5.74, 6) is 0.551. The van der Waals surface area contributed by atoms with Crippen LogP contribution in [0.3, 0.4) is 0 Å². The fourth-order valence-electron chi connectivity index (χ4n) is 5.25. The van der Waals surface area contributed by atoms with Crippen molar-refractivity contribution >= 4 is 23.3 Å². The van der Waals surface area contributed by atoms with Gasteiger partial charge in [0.05, 0.1) is 35.9 Å². The minimum atomic E-state index is -0.971. The lowest BCUT2D eigenvalue weighted by molar-refractivity contribution is -0.135. The van der Waals surface area contributed by atoms with E-state index in [4.69, 9.17) is 9.97 Å². The molecule has 13 heteroatoms. The number of anilines is 1. The van der Waals surface area contributed by atoms with Crippen LogP contribution in [0.15, 0.2) is 43.1 Å². The molecular formula is C26H26N10O3. The van der Waals surface area contributed by atoms with Gasteiger partial charge in [-0.25, -0.2) is 19.3 Å². The van der Waals surface area contributed by atoms with Crippen molar-refractivity contribution in [3.05, 3.63) is 48.7 Å². The zero-order chi connectivity index (χ0) is 27.1. The Morgan fingerprint density at radius 1 is 1.00 bits per heavy atom. The second kappa shape index (κ2) is 9.71. The summed E-state index contributed by atoms with van der Waals surface area (Å²) < 4.78 is 3.36. The van der Waals surface area contributed by atoms with E-state index in [-0.39, 0.29) is 18.4 Å². The third-order valence-electron chi connectivity index (χ3n) is 7.36. The Bertz CT molecular complexity index is 1590. The largest absolute Gasteiger partial charge is 0.465 e. The standard InChI is InChI=1S/C26H26N10O3/c1-32-14-20(13-29-32)21-16-36-24(19(10-27)12-30-36)23(31-21)17-2-3-22(28-11-17)33-6-8-34(9-7-33)25(37)18-4-5-35(15-18)26(38)39/h2-3,11-14,16,18H,4-9,15H2,1H3,(H,38,39)/t18-/m1/s1. The van der Waals surface area contributed by atoms with Gasteiger partial charge >= 0.3 is 6.09 Å². The highest BCUT2D eigenvalue weighted by molar-refractivity contribution is 5.83. The van der Waals surface area contributed by atoms with E-state index in [0.717, 1.165) is 16.9 Å². The number of amides is 2. The first kappa shape index (κ1) is 24.4. The van der Waals surface area contributed by atoms with Crippen molar-refractivity contribution in [2.45, 2.75) is 6.42 Å². The van der Waals surface area contributed by atoms with Crippen LogP contribution in [0.1, 0.15) is 12.0 Å². The number of likely N-dealkylation sites (tertiary alicyclic amines) is 1. The Morgan fingerprint density at radius 2 is 1.82 bits per heavy atom. The van der Waals surface area contributed by atoms with Crippen molar-refractivity contribution in [3.8, 4) is 28.6 Å². The number of nitriles is 1. The van der Waals surface area contributed by atoms with Crippen LogP contribution in [0.4, 0.5) is 10.6 Å². The molecule has 0 unspecified atom stereocenters. The number of carbonyl (C=O) groups excluding carboxylic acids is 1. The first-order valence-corrected chi connectivity index (χ1v) is 12.7. The first-order chi connectivity index (χ1) is 18.9. The topological polar surface area (TPSA) is 149 Å². The molecule has 0 aromatic carbocycles. The molecule has 2 aliphatic rings. The van der Waals surface area contributed by atoms with Crippen LogP contribution in [0.2, 0.25) is 0 Å². The van der Waals surface area contributed by atoms with Crippen LogP contribution in [0.25, 0.3) is 28.0 Å². The molecule has 0 radical (unpaired) electrons. The van der Waals surface area contributed by atoms with E-state index in [1.807, 2.05) is 30.3 Å². The van der Waals surface area contributed by atoms with Gasteiger partial charge < -0.3 is 19.8 Å². The summed E-state index contributed by atoms with van der Waals surface area (Å²) in [5, 5.41) is 27.4. The monoisotopic (exact) mass is 526 g/mol. The molecule has 0 spiro atoms. The molecule has 1 N–H and O–H groups in total. The van der Waals surface area contributed by atoms with Gasteiger partial charge in [0.15, 0.2) is 0 Å². The molecule has 0 bridgehead atoms. The molecule has 2 saturated heterocycles. The molecule has 2 fully saturated rings. The highest BCUT2D eigenvalue weighted by atomic mass is 16.4. The molecule has 13 nitrogen and oxygen atoms in total. The Kier molecular flexibility index (Phi) is 6.07. The number of piperazine rings is 1. The van der Waals surface area contributed by atoms with Gasteiger partial charge in [-0.2, -0.15) is 15.5 Å². The molecule has 198 valence electrons. The van der Waals surface area contributed by atoms with Crippen molar-refractivity contribution in [3.63, 3.8) is 0 Å². The molecule has 2 amide bonds. The highest BCUT2D eigenvalue weighted by Crippen LogP contribution is 2.29. The number of nitrogens with zero attached hydrogens (tertiary/aromatic N) is 10. The normalized spacial score (nSPS) is 17.5. The highest BCUT2D eigenvalue weighted by Gasteiger charge is 2.34. The van der Waals surface area contributed by atoms with Crippen molar-refractivity contribution in [2.24, 2.45) is 13.0 Å². The number of hydrogen-bond acceptors (Lipinski definition) is 8. The average molecular weight is 527 g/mol. The maximum atomic E-state index is 12.9. The second-order valence-electron chi connectivity index (χ2n) is 9.77. The fourth-order valence-corrected chi connectivity index (χ4v) is 5.25. The van der Waals surface area contributed by atoms with Gasteiger partial charge in [-0.15, -0.1) is 0 Å². The molecule has 39 heavy (non-hydrogen) atoms. The first-order valence-electron chi connectivity index (χ1n) is 12.7. The predicted octanol–water partition coefficient (Wildman–Crippen LogP) is 1.71. The van der Waals surface area contributed by atoms with Gasteiger partial charge in [-0.1, -0.05) is 0 Å². The van der Waals surface area contributed by atoms with E-state index in [1.165, 1.54) is 11.1 Å². The zero-order valence-electron chi connectivity index (χ0n) is 21.3. The van der Waals surface area contributed by atoms with E-state index in [0.29, 0.717) is 61.6 Å². The third kappa shape index (κ3) is 4.50. The van der Waals surface area contributed by atoms with Crippen LogP contribution >= 0.6 is 0 Å². The number of aromatic nitrogens is 6. The van der Waals surface area contributed by atoms with Crippen LogP contribution in [-0.4, -0.2) is 95.5 Å². The lowest BCUT2D eigenvalue weighted by Gasteiger charge is -2.36. The lowest BCUT2D eigenvalue weighted by Crippen LogP contribution is -2.51.